The van der Waals surface area contributed by atoms with Crippen molar-refractivity contribution in [3.63, 3.8) is 0 Å². The summed E-state index contributed by atoms with van der Waals surface area (Å²) in [5, 5.41) is 2.89. The number of nitrogens with one attached hydrogen (secondary N) is 1. The predicted molar refractivity (Wildman–Crippen MR) is 116 cm³/mol. The van der Waals surface area contributed by atoms with Gasteiger partial charge in [-0.05, 0) is 37.6 Å². The summed E-state index contributed by atoms with van der Waals surface area (Å²) in [6.45, 7) is 4.00. The highest BCUT2D eigenvalue weighted by Crippen LogP contribution is 2.28. The van der Waals surface area contributed by atoms with Crippen LogP contribution in [0.5, 0.6) is 0 Å². The van der Waals surface area contributed by atoms with Crippen LogP contribution in [-0.4, -0.2) is 41.1 Å². The van der Waals surface area contributed by atoms with Gasteiger partial charge in [0, 0.05) is 32.7 Å². The summed E-state index contributed by atoms with van der Waals surface area (Å²) in [4.78, 5) is 31.3. The van der Waals surface area contributed by atoms with E-state index in [0.717, 1.165) is 17.5 Å². The zero-order valence-corrected chi connectivity index (χ0v) is 17.4. The van der Waals surface area contributed by atoms with Crippen molar-refractivity contribution in [3.05, 3.63) is 54.3 Å². The fourth-order valence-corrected chi connectivity index (χ4v) is 3.87. The Labute approximate surface area is 179 Å². The standard InChI is InChI=1S/C23H25FN4O3/c1-2-31-13-7-12-27-20-11-6-4-9-18(20)25-23(27)26-22(30)16-14-21(29)28(15-16)19-10-5-3-8-17(19)24/h3-6,8-11,16H,2,7,12-15H2,1H3,(H,25,26,30). The number of halogens is 1. The number of para-hydroxylation sites is 3. The monoisotopic (exact) mass is 424 g/mol. The smallest absolute Gasteiger partial charge is 0.232 e. The van der Waals surface area contributed by atoms with Gasteiger partial charge in [0.15, 0.2) is 0 Å². The normalized spacial score (nSPS) is 16.3. The number of carbonyl (C=O) groups is 2. The lowest BCUT2D eigenvalue weighted by Gasteiger charge is -2.17. The number of rotatable bonds is 8. The molecule has 0 saturated carbocycles. The van der Waals surface area contributed by atoms with Gasteiger partial charge >= 0.3 is 0 Å². The van der Waals surface area contributed by atoms with E-state index in [1.54, 1.807) is 18.2 Å². The van der Waals surface area contributed by atoms with Crippen LogP contribution in [0.2, 0.25) is 0 Å². The zero-order valence-electron chi connectivity index (χ0n) is 17.4. The number of fused-ring (bicyclic) bond motifs is 1. The van der Waals surface area contributed by atoms with Crippen molar-refractivity contribution in [1.82, 2.24) is 9.55 Å². The molecule has 0 bridgehead atoms. The molecule has 0 spiro atoms. The van der Waals surface area contributed by atoms with E-state index in [9.17, 15) is 14.0 Å². The number of nitrogens with zero attached hydrogens (tertiary/aromatic N) is 3. The molecule has 2 heterocycles. The second-order valence-electron chi connectivity index (χ2n) is 7.47. The van der Waals surface area contributed by atoms with Crippen molar-refractivity contribution < 1.29 is 18.7 Å². The van der Waals surface area contributed by atoms with Crippen molar-refractivity contribution in [2.75, 3.05) is 30.0 Å². The Morgan fingerprint density at radius 3 is 2.81 bits per heavy atom. The maximum absolute atomic E-state index is 14.1. The molecule has 31 heavy (non-hydrogen) atoms. The van der Waals surface area contributed by atoms with Gasteiger partial charge < -0.3 is 14.2 Å². The minimum absolute atomic E-state index is 0.0325. The second kappa shape index (κ2) is 9.26. The number of carbonyl (C=O) groups excluding carboxylic acids is 2. The van der Waals surface area contributed by atoms with Gasteiger partial charge in [0.05, 0.1) is 22.6 Å². The zero-order chi connectivity index (χ0) is 21.8. The first-order valence-corrected chi connectivity index (χ1v) is 10.5. The number of aromatic nitrogens is 2. The molecule has 2 amide bonds. The Morgan fingerprint density at radius 1 is 1.23 bits per heavy atom. The number of amides is 2. The molecule has 162 valence electrons. The molecule has 8 heteroatoms. The molecule has 1 saturated heterocycles. The van der Waals surface area contributed by atoms with Gasteiger partial charge in [0.1, 0.15) is 5.82 Å². The van der Waals surface area contributed by atoms with Crippen molar-refractivity contribution in [1.29, 1.82) is 0 Å². The van der Waals surface area contributed by atoms with Crippen LogP contribution < -0.4 is 10.2 Å². The van der Waals surface area contributed by atoms with Crippen LogP contribution in [0.25, 0.3) is 11.0 Å². The van der Waals surface area contributed by atoms with Crippen LogP contribution in [0.15, 0.2) is 48.5 Å². The molecule has 4 rings (SSSR count). The van der Waals surface area contributed by atoms with Crippen LogP contribution in [0.1, 0.15) is 19.8 Å². The summed E-state index contributed by atoms with van der Waals surface area (Å²) in [5.41, 5.74) is 1.90. The summed E-state index contributed by atoms with van der Waals surface area (Å²) in [5.74, 6) is -1.18. The molecule has 1 aliphatic rings. The van der Waals surface area contributed by atoms with Gasteiger partial charge in [-0.15, -0.1) is 0 Å². The molecule has 2 aromatic carbocycles. The maximum Gasteiger partial charge on any atom is 0.232 e. The van der Waals surface area contributed by atoms with E-state index in [1.807, 2.05) is 35.8 Å². The number of imidazole rings is 1. The molecule has 1 N–H and O–H groups in total. The molecule has 1 aromatic heterocycles. The average molecular weight is 424 g/mol. The van der Waals surface area contributed by atoms with Gasteiger partial charge in [0.2, 0.25) is 17.8 Å². The van der Waals surface area contributed by atoms with Gasteiger partial charge in [-0.3, -0.25) is 14.9 Å². The number of hydrogen-bond acceptors (Lipinski definition) is 4. The highest BCUT2D eigenvalue weighted by molar-refractivity contribution is 6.03. The average Bonchev–Trinajstić information content (AvgIpc) is 3.32. The minimum atomic E-state index is -0.580. The fourth-order valence-electron chi connectivity index (χ4n) is 3.87. The number of benzene rings is 2. The molecule has 1 unspecified atom stereocenters. The Kier molecular flexibility index (Phi) is 6.27. The van der Waals surface area contributed by atoms with Crippen molar-refractivity contribution >= 4 is 34.5 Å². The quantitative estimate of drug-likeness (QED) is 0.561. The topological polar surface area (TPSA) is 76.5 Å². The second-order valence-corrected chi connectivity index (χ2v) is 7.47. The van der Waals surface area contributed by atoms with Crippen LogP contribution >= 0.6 is 0 Å². The number of anilines is 2. The lowest BCUT2D eigenvalue weighted by Crippen LogP contribution is -2.29. The minimum Gasteiger partial charge on any atom is -0.382 e. The van der Waals surface area contributed by atoms with Crippen molar-refractivity contribution in [2.24, 2.45) is 5.92 Å². The number of aryl methyl sites for hydroxylation is 1. The first-order chi connectivity index (χ1) is 15.1. The summed E-state index contributed by atoms with van der Waals surface area (Å²) >= 11 is 0. The fraction of sp³-hybridized carbons (Fsp3) is 0.348. The summed E-state index contributed by atoms with van der Waals surface area (Å²) in [7, 11) is 0. The highest BCUT2D eigenvalue weighted by atomic mass is 19.1. The third kappa shape index (κ3) is 4.44. The van der Waals surface area contributed by atoms with Crippen molar-refractivity contribution in [3.8, 4) is 0 Å². The van der Waals surface area contributed by atoms with Crippen LogP contribution in [0, 0.1) is 11.7 Å². The number of ether oxygens (including phenoxy) is 1. The molecular formula is C23H25FN4O3. The molecule has 7 nitrogen and oxygen atoms in total. The maximum atomic E-state index is 14.1. The largest absolute Gasteiger partial charge is 0.382 e. The molecular weight excluding hydrogens is 399 g/mol. The van der Waals surface area contributed by atoms with Crippen molar-refractivity contribution in [2.45, 2.75) is 26.3 Å². The van der Waals surface area contributed by atoms with E-state index in [1.165, 1.54) is 11.0 Å². The molecule has 1 fully saturated rings. The van der Waals surface area contributed by atoms with Crippen LogP contribution in [0.3, 0.4) is 0 Å². The third-order valence-electron chi connectivity index (χ3n) is 5.40. The Balaban J connectivity index is 1.51. The Morgan fingerprint density at radius 2 is 2.00 bits per heavy atom. The van der Waals surface area contributed by atoms with E-state index in [2.05, 4.69) is 10.3 Å². The van der Waals surface area contributed by atoms with Crippen LogP contribution in [-0.2, 0) is 20.9 Å². The number of hydrogen-bond donors (Lipinski definition) is 1. The van der Waals surface area contributed by atoms with E-state index >= 15 is 0 Å². The SMILES string of the molecule is CCOCCCn1c(NC(=O)C2CC(=O)N(c3ccccc3F)C2)nc2ccccc21. The highest BCUT2D eigenvalue weighted by Gasteiger charge is 2.36. The van der Waals surface area contributed by atoms with E-state index in [4.69, 9.17) is 4.74 Å². The molecule has 0 radical (unpaired) electrons. The summed E-state index contributed by atoms with van der Waals surface area (Å²) in [6, 6.07) is 13.8. The van der Waals surface area contributed by atoms with E-state index < -0.39 is 11.7 Å². The molecule has 0 aliphatic carbocycles. The Bertz CT molecular complexity index is 1100. The first-order valence-electron chi connectivity index (χ1n) is 10.5. The lowest BCUT2D eigenvalue weighted by molar-refractivity contribution is -0.122. The molecule has 1 aliphatic heterocycles. The Hall–Kier alpha value is -3.26. The summed E-state index contributed by atoms with van der Waals surface area (Å²) in [6.07, 6.45) is 0.810. The lowest BCUT2D eigenvalue weighted by atomic mass is 10.1. The van der Waals surface area contributed by atoms with Gasteiger partial charge in [-0.25, -0.2) is 9.37 Å². The van der Waals surface area contributed by atoms with E-state index in [0.29, 0.717) is 25.7 Å². The predicted octanol–water partition coefficient (Wildman–Crippen LogP) is 3.59. The van der Waals surface area contributed by atoms with Crippen LogP contribution in [0.4, 0.5) is 16.0 Å². The molecule has 3 aromatic rings. The van der Waals surface area contributed by atoms with Gasteiger partial charge in [-0.1, -0.05) is 24.3 Å². The van der Waals surface area contributed by atoms with Gasteiger partial charge in [-0.2, -0.15) is 0 Å². The summed E-state index contributed by atoms with van der Waals surface area (Å²) < 4.78 is 21.5. The third-order valence-corrected chi connectivity index (χ3v) is 5.40. The van der Waals surface area contributed by atoms with Gasteiger partial charge in [0.25, 0.3) is 0 Å². The first kappa shape index (κ1) is 21.0. The molecule has 1 atom stereocenters. The van der Waals surface area contributed by atoms with E-state index in [-0.39, 0.29) is 30.5 Å².